The van der Waals surface area contributed by atoms with Crippen molar-refractivity contribution >= 4 is 17.6 Å². The summed E-state index contributed by atoms with van der Waals surface area (Å²) in [6.07, 6.45) is 1.86. The number of hydrogen-bond acceptors (Lipinski definition) is 9. The molecule has 0 aliphatic carbocycles. The number of hydroxylamine groups is 1. The summed E-state index contributed by atoms with van der Waals surface area (Å²) in [4.78, 5) is 27.4. The van der Waals surface area contributed by atoms with Crippen LogP contribution in [0.4, 0.5) is 14.9 Å². The largest absolute Gasteiger partial charge is 0.471 e. The molecule has 5 rings (SSSR count). The molecule has 1 aromatic carbocycles. The second-order valence-corrected chi connectivity index (χ2v) is 7.04. The molecule has 2 aromatic heterocycles. The lowest BCUT2D eigenvalue weighted by Crippen LogP contribution is -2.31. The molecule has 0 saturated carbocycles. The standard InChI is InChI=1S/C21H18FN5O5/c22-17-9-14(27-11-15(32-21(27)28)12-29-19-5-7-30-25-19)2-3-16(17)13-1-4-18(24-10-13)20-23-6-8-31-26-20/h1-5,7,9-10,15H,6,8,11-12H2,(H,23,26). The minimum Gasteiger partial charge on any atom is -0.471 e. The van der Waals surface area contributed by atoms with Crippen molar-refractivity contribution in [1.82, 2.24) is 15.6 Å². The molecule has 0 radical (unpaired) electrons. The van der Waals surface area contributed by atoms with Crippen LogP contribution in [-0.2, 0) is 9.57 Å². The molecule has 0 spiro atoms. The normalized spacial score (nSPS) is 18.2. The molecule has 32 heavy (non-hydrogen) atoms. The second-order valence-electron chi connectivity index (χ2n) is 7.04. The molecule has 1 atom stereocenters. The van der Waals surface area contributed by atoms with Crippen molar-refractivity contribution in [2.45, 2.75) is 6.10 Å². The number of cyclic esters (lactones) is 1. The molecule has 164 valence electrons. The van der Waals surface area contributed by atoms with Crippen LogP contribution in [-0.4, -0.2) is 54.5 Å². The molecule has 1 unspecified atom stereocenters. The van der Waals surface area contributed by atoms with Gasteiger partial charge in [0.2, 0.25) is 0 Å². The zero-order valence-corrected chi connectivity index (χ0v) is 16.7. The summed E-state index contributed by atoms with van der Waals surface area (Å²) >= 11 is 0. The Morgan fingerprint density at radius 2 is 2.19 bits per heavy atom. The number of pyridine rings is 1. The fraction of sp³-hybridized carbons (Fsp3) is 0.238. The number of nitrogens with one attached hydrogen (secondary N) is 1. The van der Waals surface area contributed by atoms with E-state index in [1.807, 2.05) is 0 Å². The van der Waals surface area contributed by atoms with Gasteiger partial charge in [0.1, 0.15) is 24.4 Å². The molecule has 2 aliphatic heterocycles. The Morgan fingerprint density at radius 3 is 2.91 bits per heavy atom. The third-order valence-corrected chi connectivity index (χ3v) is 4.92. The van der Waals surface area contributed by atoms with Gasteiger partial charge in [-0.3, -0.25) is 19.7 Å². The topological polar surface area (TPSA) is 111 Å². The number of hydrogen-bond donors (Lipinski definition) is 1. The van der Waals surface area contributed by atoms with Crippen LogP contribution >= 0.6 is 0 Å². The van der Waals surface area contributed by atoms with Crippen LogP contribution in [0.2, 0.25) is 0 Å². The van der Waals surface area contributed by atoms with Gasteiger partial charge in [-0.1, -0.05) is 6.07 Å². The van der Waals surface area contributed by atoms with E-state index < -0.39 is 18.0 Å². The van der Waals surface area contributed by atoms with E-state index in [0.717, 1.165) is 0 Å². The molecule has 10 nitrogen and oxygen atoms in total. The third kappa shape index (κ3) is 4.10. The SMILES string of the molecule is O=C1OC(COc2ccon2)CN1c1ccc(-c2ccc(C3=NCCON3)nc2)c(F)c1. The van der Waals surface area contributed by atoms with E-state index in [0.29, 0.717) is 47.4 Å². The van der Waals surface area contributed by atoms with Crippen molar-refractivity contribution in [3.8, 4) is 17.0 Å². The molecule has 1 amide bonds. The monoisotopic (exact) mass is 439 g/mol. The fourth-order valence-corrected chi connectivity index (χ4v) is 3.36. The van der Waals surface area contributed by atoms with E-state index >= 15 is 0 Å². The predicted molar refractivity (Wildman–Crippen MR) is 110 cm³/mol. The lowest BCUT2D eigenvalue weighted by Gasteiger charge is -2.15. The van der Waals surface area contributed by atoms with Crippen LogP contribution in [0.5, 0.6) is 5.88 Å². The zero-order chi connectivity index (χ0) is 21.9. The van der Waals surface area contributed by atoms with Crippen LogP contribution < -0.4 is 15.1 Å². The van der Waals surface area contributed by atoms with E-state index in [2.05, 4.69) is 25.1 Å². The maximum atomic E-state index is 14.9. The van der Waals surface area contributed by atoms with Gasteiger partial charge in [0, 0.05) is 23.4 Å². The van der Waals surface area contributed by atoms with Gasteiger partial charge in [0.05, 0.1) is 25.4 Å². The first-order valence-corrected chi connectivity index (χ1v) is 9.87. The Bertz CT molecular complexity index is 1140. The van der Waals surface area contributed by atoms with Crippen LogP contribution in [0.1, 0.15) is 5.69 Å². The Labute approximate surface area is 181 Å². The quantitative estimate of drug-likeness (QED) is 0.624. The number of halogens is 1. The first-order valence-electron chi connectivity index (χ1n) is 9.87. The number of ether oxygens (including phenoxy) is 2. The minimum absolute atomic E-state index is 0.110. The van der Waals surface area contributed by atoms with Gasteiger partial charge in [0.25, 0.3) is 5.88 Å². The number of aromatic nitrogens is 2. The molecule has 4 heterocycles. The molecule has 3 aromatic rings. The van der Waals surface area contributed by atoms with Crippen molar-refractivity contribution in [3.05, 3.63) is 60.4 Å². The summed E-state index contributed by atoms with van der Waals surface area (Å²) in [6, 6.07) is 9.60. The Morgan fingerprint density at radius 1 is 1.25 bits per heavy atom. The summed E-state index contributed by atoms with van der Waals surface area (Å²) in [5.74, 6) is 0.352. The molecule has 2 aliphatic rings. The maximum absolute atomic E-state index is 14.9. The Balaban J connectivity index is 1.28. The van der Waals surface area contributed by atoms with E-state index in [4.69, 9.17) is 14.3 Å². The van der Waals surface area contributed by atoms with Crippen molar-refractivity contribution < 1.29 is 28.0 Å². The minimum atomic E-state index is -0.570. The summed E-state index contributed by atoms with van der Waals surface area (Å²) < 4.78 is 30.3. The summed E-state index contributed by atoms with van der Waals surface area (Å²) in [5, 5.41) is 3.63. The van der Waals surface area contributed by atoms with Gasteiger partial charge in [-0.15, -0.1) is 0 Å². The number of amidine groups is 1. The van der Waals surface area contributed by atoms with Crippen molar-refractivity contribution in [1.29, 1.82) is 0 Å². The number of carbonyl (C=O) groups is 1. The Hall–Kier alpha value is -3.99. The number of anilines is 1. The van der Waals surface area contributed by atoms with E-state index in [1.54, 1.807) is 36.5 Å². The molecular weight excluding hydrogens is 421 g/mol. The van der Waals surface area contributed by atoms with Crippen molar-refractivity contribution in [2.75, 3.05) is 31.2 Å². The number of aliphatic imine (C=N–C) groups is 1. The molecular formula is C21H18FN5O5. The molecule has 1 saturated heterocycles. The lowest BCUT2D eigenvalue weighted by molar-refractivity contribution is 0.0824. The first-order chi connectivity index (χ1) is 15.7. The number of rotatable bonds is 6. The van der Waals surface area contributed by atoms with E-state index in [9.17, 15) is 9.18 Å². The first kappa shape index (κ1) is 19.9. The van der Waals surface area contributed by atoms with Crippen LogP contribution in [0.3, 0.4) is 0 Å². The molecule has 1 N–H and O–H groups in total. The van der Waals surface area contributed by atoms with Crippen molar-refractivity contribution in [2.24, 2.45) is 4.99 Å². The molecule has 0 bridgehead atoms. The maximum Gasteiger partial charge on any atom is 0.414 e. The van der Waals surface area contributed by atoms with Gasteiger partial charge >= 0.3 is 6.09 Å². The van der Waals surface area contributed by atoms with E-state index in [-0.39, 0.29) is 13.2 Å². The average Bonchev–Trinajstić information content (AvgIpc) is 3.48. The molecule has 11 heteroatoms. The zero-order valence-electron chi connectivity index (χ0n) is 16.7. The summed E-state index contributed by atoms with van der Waals surface area (Å²) in [7, 11) is 0. The third-order valence-electron chi connectivity index (χ3n) is 4.92. The number of carbonyl (C=O) groups excluding carboxylic acids is 1. The Kier molecular flexibility index (Phi) is 5.38. The highest BCUT2D eigenvalue weighted by Crippen LogP contribution is 2.29. The predicted octanol–water partition coefficient (Wildman–Crippen LogP) is 2.56. The van der Waals surface area contributed by atoms with E-state index in [1.165, 1.54) is 17.2 Å². The van der Waals surface area contributed by atoms with Gasteiger partial charge in [0.15, 0.2) is 11.9 Å². The van der Waals surface area contributed by atoms with Gasteiger partial charge < -0.3 is 14.0 Å². The van der Waals surface area contributed by atoms with Crippen LogP contribution in [0.15, 0.2) is 58.4 Å². The summed E-state index contributed by atoms with van der Waals surface area (Å²) in [5.41, 5.74) is 4.67. The highest BCUT2D eigenvalue weighted by molar-refractivity contribution is 5.96. The second kappa shape index (κ2) is 8.63. The van der Waals surface area contributed by atoms with Gasteiger partial charge in [-0.25, -0.2) is 14.7 Å². The number of nitrogens with zero attached hydrogens (tertiary/aromatic N) is 4. The number of amides is 1. The highest BCUT2D eigenvalue weighted by atomic mass is 19.1. The van der Waals surface area contributed by atoms with Crippen LogP contribution in [0.25, 0.3) is 11.1 Å². The average molecular weight is 439 g/mol. The van der Waals surface area contributed by atoms with Crippen LogP contribution in [0, 0.1) is 5.82 Å². The van der Waals surface area contributed by atoms with Gasteiger partial charge in [-0.05, 0) is 29.4 Å². The molecule has 1 fully saturated rings. The summed E-state index contributed by atoms with van der Waals surface area (Å²) in [6.45, 7) is 1.38. The highest BCUT2D eigenvalue weighted by Gasteiger charge is 2.33. The fourth-order valence-electron chi connectivity index (χ4n) is 3.36. The number of benzene rings is 1. The van der Waals surface area contributed by atoms with Crippen molar-refractivity contribution in [3.63, 3.8) is 0 Å². The van der Waals surface area contributed by atoms with Gasteiger partial charge in [-0.2, -0.15) is 0 Å². The lowest BCUT2D eigenvalue weighted by atomic mass is 10.1. The smallest absolute Gasteiger partial charge is 0.414 e.